The summed E-state index contributed by atoms with van der Waals surface area (Å²) in [5, 5.41) is 12.1. The first-order valence-corrected chi connectivity index (χ1v) is 7.98. The lowest BCUT2D eigenvalue weighted by Gasteiger charge is -2.08. The molecule has 3 rings (SSSR count). The average Bonchev–Trinajstić information content (AvgIpc) is 2.64. The number of nitrogens with one attached hydrogen (secondary N) is 1. The lowest BCUT2D eigenvalue weighted by Crippen LogP contribution is -2.13. The zero-order valence-electron chi connectivity index (χ0n) is 13.4. The number of benzene rings is 2. The highest BCUT2D eigenvalue weighted by Crippen LogP contribution is 2.22. The Morgan fingerprint density at radius 3 is 2.58 bits per heavy atom. The van der Waals surface area contributed by atoms with E-state index in [0.717, 1.165) is 0 Å². The predicted octanol–water partition coefficient (Wildman–Crippen LogP) is 3.93. The Morgan fingerprint density at radius 1 is 1.08 bits per heavy atom. The number of carboxylic acids is 1. The number of nitrogens with two attached hydrogens (primary N) is 1. The minimum Gasteiger partial charge on any atom is -0.478 e. The summed E-state index contributed by atoms with van der Waals surface area (Å²) in [5.74, 6) is -1.40. The molecule has 0 bridgehead atoms. The number of nitrogen functional groups attached to an aromatic ring is 1. The van der Waals surface area contributed by atoms with E-state index in [4.69, 9.17) is 22.4 Å². The fourth-order valence-corrected chi connectivity index (χ4v) is 2.57. The van der Waals surface area contributed by atoms with Gasteiger partial charge in [-0.05, 0) is 42.5 Å². The number of carbonyl (C=O) groups is 2. The van der Waals surface area contributed by atoms with Gasteiger partial charge in [0.2, 0.25) is 0 Å². The Bertz CT molecular complexity index is 988. The van der Waals surface area contributed by atoms with Gasteiger partial charge in [0.15, 0.2) is 0 Å². The minimum atomic E-state index is -1.00. The minimum absolute atomic E-state index is 0.179. The molecule has 6 nitrogen and oxygen atoms in total. The Labute approximate surface area is 154 Å². The standard InChI is InChI=1S/C19H14ClN3O3/c20-16-6-4-13(21)9-15(16)18(24)23-14-5-7-17(22-10-14)11-2-1-3-12(8-11)19(25)26/h1-10H,21H2,(H,23,24)(H,25,26). The van der Waals surface area contributed by atoms with Gasteiger partial charge in [-0.3, -0.25) is 9.78 Å². The van der Waals surface area contributed by atoms with Crippen molar-refractivity contribution in [1.82, 2.24) is 4.98 Å². The van der Waals surface area contributed by atoms with E-state index in [9.17, 15) is 9.59 Å². The van der Waals surface area contributed by atoms with E-state index in [2.05, 4.69) is 10.3 Å². The molecule has 0 spiro atoms. The van der Waals surface area contributed by atoms with E-state index in [-0.39, 0.29) is 11.1 Å². The smallest absolute Gasteiger partial charge is 0.335 e. The van der Waals surface area contributed by atoms with Crippen molar-refractivity contribution in [3.63, 3.8) is 0 Å². The van der Waals surface area contributed by atoms with E-state index in [1.807, 2.05) is 0 Å². The third-order valence-electron chi connectivity index (χ3n) is 3.66. The lowest BCUT2D eigenvalue weighted by atomic mass is 10.1. The molecule has 0 aliphatic rings. The molecule has 26 heavy (non-hydrogen) atoms. The van der Waals surface area contributed by atoms with Crippen molar-refractivity contribution in [2.24, 2.45) is 0 Å². The van der Waals surface area contributed by atoms with Gasteiger partial charge in [0.1, 0.15) is 0 Å². The molecule has 1 aromatic heterocycles. The maximum absolute atomic E-state index is 12.3. The van der Waals surface area contributed by atoms with Crippen LogP contribution in [-0.4, -0.2) is 22.0 Å². The van der Waals surface area contributed by atoms with Gasteiger partial charge in [-0.15, -0.1) is 0 Å². The molecule has 1 heterocycles. The van der Waals surface area contributed by atoms with Crippen molar-refractivity contribution in [3.8, 4) is 11.3 Å². The quantitative estimate of drug-likeness (QED) is 0.606. The van der Waals surface area contributed by atoms with Gasteiger partial charge in [-0.2, -0.15) is 0 Å². The highest BCUT2D eigenvalue weighted by atomic mass is 35.5. The van der Waals surface area contributed by atoms with Gasteiger partial charge in [-0.25, -0.2) is 4.79 Å². The third-order valence-corrected chi connectivity index (χ3v) is 3.99. The summed E-state index contributed by atoms with van der Waals surface area (Å²) in [6.45, 7) is 0. The molecular formula is C19H14ClN3O3. The summed E-state index contributed by atoms with van der Waals surface area (Å²) < 4.78 is 0. The van der Waals surface area contributed by atoms with Gasteiger partial charge < -0.3 is 16.2 Å². The predicted molar refractivity (Wildman–Crippen MR) is 100 cm³/mol. The summed E-state index contributed by atoms with van der Waals surface area (Å²) in [6.07, 6.45) is 1.49. The number of aromatic nitrogens is 1. The Balaban J connectivity index is 1.80. The second-order valence-electron chi connectivity index (χ2n) is 5.51. The number of anilines is 2. The molecule has 0 radical (unpaired) electrons. The molecule has 3 aromatic rings. The van der Waals surface area contributed by atoms with Crippen LogP contribution in [0.5, 0.6) is 0 Å². The number of aromatic carboxylic acids is 1. The lowest BCUT2D eigenvalue weighted by molar-refractivity contribution is 0.0696. The summed E-state index contributed by atoms with van der Waals surface area (Å²) >= 11 is 6.02. The van der Waals surface area contributed by atoms with E-state index < -0.39 is 11.9 Å². The van der Waals surface area contributed by atoms with Crippen molar-refractivity contribution in [2.75, 3.05) is 11.1 Å². The van der Waals surface area contributed by atoms with Crippen LogP contribution in [0.4, 0.5) is 11.4 Å². The van der Waals surface area contributed by atoms with E-state index in [1.165, 1.54) is 24.4 Å². The SMILES string of the molecule is Nc1ccc(Cl)c(C(=O)Nc2ccc(-c3cccc(C(=O)O)c3)nc2)c1. The van der Waals surface area contributed by atoms with Gasteiger partial charge in [0.05, 0.1) is 33.7 Å². The Kier molecular flexibility index (Phi) is 4.86. The van der Waals surface area contributed by atoms with Crippen LogP contribution in [0.25, 0.3) is 11.3 Å². The van der Waals surface area contributed by atoms with Crippen LogP contribution in [0.2, 0.25) is 5.02 Å². The van der Waals surface area contributed by atoms with Gasteiger partial charge in [-0.1, -0.05) is 23.7 Å². The maximum atomic E-state index is 12.3. The second-order valence-corrected chi connectivity index (χ2v) is 5.92. The molecule has 0 saturated heterocycles. The number of amides is 1. The van der Waals surface area contributed by atoms with Crippen molar-refractivity contribution in [3.05, 3.63) is 76.9 Å². The van der Waals surface area contributed by atoms with Crippen LogP contribution >= 0.6 is 11.6 Å². The van der Waals surface area contributed by atoms with Gasteiger partial charge >= 0.3 is 5.97 Å². The summed E-state index contributed by atoms with van der Waals surface area (Å²) in [4.78, 5) is 27.6. The monoisotopic (exact) mass is 367 g/mol. The molecule has 0 fully saturated rings. The molecule has 7 heteroatoms. The Morgan fingerprint density at radius 2 is 1.88 bits per heavy atom. The molecular weight excluding hydrogens is 354 g/mol. The van der Waals surface area contributed by atoms with E-state index in [0.29, 0.717) is 27.7 Å². The maximum Gasteiger partial charge on any atom is 0.335 e. The number of rotatable bonds is 4. The summed E-state index contributed by atoms with van der Waals surface area (Å²) in [5.41, 5.74) is 8.30. The number of carboxylic acid groups (broad SMARTS) is 1. The fourth-order valence-electron chi connectivity index (χ4n) is 2.37. The molecule has 0 unspecified atom stereocenters. The van der Waals surface area contributed by atoms with Crippen molar-refractivity contribution in [1.29, 1.82) is 0 Å². The molecule has 130 valence electrons. The zero-order valence-corrected chi connectivity index (χ0v) is 14.2. The van der Waals surface area contributed by atoms with Crippen LogP contribution in [-0.2, 0) is 0 Å². The molecule has 0 aliphatic heterocycles. The van der Waals surface area contributed by atoms with Gasteiger partial charge in [0.25, 0.3) is 5.91 Å². The van der Waals surface area contributed by atoms with Crippen LogP contribution in [0.3, 0.4) is 0 Å². The van der Waals surface area contributed by atoms with Crippen molar-refractivity contribution in [2.45, 2.75) is 0 Å². The zero-order chi connectivity index (χ0) is 18.7. The number of nitrogens with zero attached hydrogens (tertiary/aromatic N) is 1. The van der Waals surface area contributed by atoms with Crippen LogP contribution in [0.15, 0.2) is 60.8 Å². The summed E-state index contributed by atoms with van der Waals surface area (Å²) in [7, 11) is 0. The molecule has 0 saturated carbocycles. The van der Waals surface area contributed by atoms with E-state index >= 15 is 0 Å². The highest BCUT2D eigenvalue weighted by molar-refractivity contribution is 6.34. The van der Waals surface area contributed by atoms with Crippen LogP contribution in [0.1, 0.15) is 20.7 Å². The normalized spacial score (nSPS) is 10.3. The molecule has 1 amide bonds. The van der Waals surface area contributed by atoms with Crippen molar-refractivity contribution >= 4 is 34.9 Å². The van der Waals surface area contributed by atoms with Gasteiger partial charge in [0, 0.05) is 11.3 Å². The largest absolute Gasteiger partial charge is 0.478 e. The molecule has 4 N–H and O–H groups in total. The first-order valence-electron chi connectivity index (χ1n) is 7.60. The van der Waals surface area contributed by atoms with Crippen LogP contribution in [0, 0.1) is 0 Å². The number of carbonyl (C=O) groups excluding carboxylic acids is 1. The van der Waals surface area contributed by atoms with Crippen LogP contribution < -0.4 is 11.1 Å². The number of pyridine rings is 1. The van der Waals surface area contributed by atoms with E-state index in [1.54, 1.807) is 36.4 Å². The molecule has 2 aromatic carbocycles. The number of halogens is 1. The molecule has 0 atom stereocenters. The molecule has 0 aliphatic carbocycles. The third kappa shape index (κ3) is 3.81. The fraction of sp³-hybridized carbons (Fsp3) is 0. The second kappa shape index (κ2) is 7.25. The number of hydrogen-bond acceptors (Lipinski definition) is 4. The first-order chi connectivity index (χ1) is 12.4. The topological polar surface area (TPSA) is 105 Å². The average molecular weight is 368 g/mol. The summed E-state index contributed by atoms with van der Waals surface area (Å²) in [6, 6.07) is 14.5. The Hall–Kier alpha value is -3.38. The number of hydrogen-bond donors (Lipinski definition) is 3. The highest BCUT2D eigenvalue weighted by Gasteiger charge is 2.12. The van der Waals surface area contributed by atoms with Crippen molar-refractivity contribution < 1.29 is 14.7 Å². The first kappa shape index (κ1) is 17.4.